The summed E-state index contributed by atoms with van der Waals surface area (Å²) in [6.07, 6.45) is 4.34. The van der Waals surface area contributed by atoms with Crippen LogP contribution in [0.1, 0.15) is 36.6 Å². The van der Waals surface area contributed by atoms with E-state index in [1.807, 2.05) is 29.6 Å². The minimum absolute atomic E-state index is 0.170. The van der Waals surface area contributed by atoms with E-state index in [0.29, 0.717) is 30.6 Å². The summed E-state index contributed by atoms with van der Waals surface area (Å²) in [5.74, 6) is -0.277. The van der Waals surface area contributed by atoms with Crippen LogP contribution in [0.2, 0.25) is 0 Å². The second-order valence-electron chi connectivity index (χ2n) is 6.39. The van der Waals surface area contributed by atoms with E-state index >= 15 is 0 Å². The van der Waals surface area contributed by atoms with Crippen LogP contribution in [-0.4, -0.2) is 43.1 Å². The Kier molecular flexibility index (Phi) is 7.95. The van der Waals surface area contributed by atoms with Crippen LogP contribution < -0.4 is 5.43 Å². The highest BCUT2D eigenvalue weighted by Crippen LogP contribution is 2.16. The number of ether oxygens (including phenoxy) is 3. The molecular formula is C20H25N3O4S. The quantitative estimate of drug-likeness (QED) is 0.372. The average molecular weight is 404 g/mol. The number of nitrogens with one attached hydrogen (secondary N) is 1. The van der Waals surface area contributed by atoms with Gasteiger partial charge in [-0.2, -0.15) is 5.10 Å². The molecule has 7 nitrogen and oxygen atoms in total. The number of hydrazone groups is 1. The molecular weight excluding hydrogens is 378 g/mol. The molecule has 150 valence electrons. The van der Waals surface area contributed by atoms with Crippen LogP contribution >= 0.6 is 11.3 Å². The topological polar surface area (TPSA) is 82.0 Å². The monoisotopic (exact) mass is 403 g/mol. The van der Waals surface area contributed by atoms with E-state index in [9.17, 15) is 4.79 Å². The number of benzene rings is 1. The van der Waals surface area contributed by atoms with Gasteiger partial charge in [0.2, 0.25) is 5.13 Å². The molecule has 1 atom stereocenters. The van der Waals surface area contributed by atoms with E-state index in [1.165, 1.54) is 11.3 Å². The molecule has 2 heterocycles. The first-order valence-electron chi connectivity index (χ1n) is 9.40. The van der Waals surface area contributed by atoms with Crippen molar-refractivity contribution >= 4 is 28.7 Å². The summed E-state index contributed by atoms with van der Waals surface area (Å²) in [5.41, 5.74) is 5.63. The maximum atomic E-state index is 11.5. The number of carbonyl (C=O) groups excluding carboxylic acids is 1. The minimum Gasteiger partial charge on any atom is -0.466 e. The Morgan fingerprint density at radius 3 is 3.25 bits per heavy atom. The van der Waals surface area contributed by atoms with Gasteiger partial charge in [0.1, 0.15) is 0 Å². The predicted octanol–water partition coefficient (Wildman–Crippen LogP) is 3.39. The van der Waals surface area contributed by atoms with Crippen molar-refractivity contribution in [3.8, 4) is 0 Å². The molecule has 1 unspecified atom stereocenters. The Morgan fingerprint density at radius 2 is 2.43 bits per heavy atom. The lowest BCUT2D eigenvalue weighted by Gasteiger charge is -2.10. The highest BCUT2D eigenvalue weighted by atomic mass is 32.1. The van der Waals surface area contributed by atoms with Gasteiger partial charge in [-0.3, -0.25) is 10.2 Å². The van der Waals surface area contributed by atoms with Crippen LogP contribution in [0.3, 0.4) is 0 Å². The van der Waals surface area contributed by atoms with Crippen LogP contribution in [0.15, 0.2) is 34.7 Å². The summed E-state index contributed by atoms with van der Waals surface area (Å²) in [5, 5.41) is 6.67. The smallest absolute Gasteiger partial charge is 0.311 e. The van der Waals surface area contributed by atoms with Crippen molar-refractivity contribution in [3.05, 3.63) is 46.5 Å². The highest BCUT2D eigenvalue weighted by Gasteiger charge is 2.15. The normalized spacial score (nSPS) is 16.5. The van der Waals surface area contributed by atoms with E-state index < -0.39 is 0 Å². The second kappa shape index (κ2) is 10.9. The second-order valence-corrected chi connectivity index (χ2v) is 7.25. The Bertz CT molecular complexity index is 787. The molecule has 8 heteroatoms. The molecule has 0 amide bonds. The molecule has 1 fully saturated rings. The molecule has 2 aromatic rings. The van der Waals surface area contributed by atoms with Gasteiger partial charge in [-0.15, -0.1) is 11.3 Å². The Hall–Kier alpha value is -2.29. The first kappa shape index (κ1) is 20.4. The molecule has 1 aromatic carbocycles. The number of hydrogen-bond donors (Lipinski definition) is 1. The van der Waals surface area contributed by atoms with Gasteiger partial charge in [0.25, 0.3) is 0 Å². The van der Waals surface area contributed by atoms with Gasteiger partial charge < -0.3 is 14.2 Å². The van der Waals surface area contributed by atoms with Gasteiger partial charge >= 0.3 is 5.97 Å². The minimum atomic E-state index is -0.277. The number of anilines is 1. The summed E-state index contributed by atoms with van der Waals surface area (Å²) in [7, 11) is 0. The lowest BCUT2D eigenvalue weighted by molar-refractivity contribution is -0.142. The van der Waals surface area contributed by atoms with Gasteiger partial charge in [-0.1, -0.05) is 18.2 Å². The van der Waals surface area contributed by atoms with Crippen molar-refractivity contribution in [2.24, 2.45) is 5.10 Å². The predicted molar refractivity (Wildman–Crippen MR) is 109 cm³/mol. The van der Waals surface area contributed by atoms with Crippen LogP contribution in [-0.2, 0) is 32.0 Å². The first-order valence-corrected chi connectivity index (χ1v) is 10.3. The fraction of sp³-hybridized carbons (Fsp3) is 0.450. The third-order valence-electron chi connectivity index (χ3n) is 4.10. The molecule has 28 heavy (non-hydrogen) atoms. The summed E-state index contributed by atoms with van der Waals surface area (Å²) in [4.78, 5) is 15.8. The fourth-order valence-electron chi connectivity index (χ4n) is 2.81. The van der Waals surface area contributed by atoms with Crippen molar-refractivity contribution in [1.82, 2.24) is 4.98 Å². The summed E-state index contributed by atoms with van der Waals surface area (Å²) >= 11 is 1.40. The van der Waals surface area contributed by atoms with Crippen molar-refractivity contribution in [3.63, 3.8) is 0 Å². The lowest BCUT2D eigenvalue weighted by atomic mass is 10.1. The molecule has 1 aliphatic rings. The molecule has 0 saturated carbocycles. The largest absolute Gasteiger partial charge is 0.466 e. The van der Waals surface area contributed by atoms with E-state index in [4.69, 9.17) is 14.2 Å². The number of aromatic nitrogens is 1. The fourth-order valence-corrected chi connectivity index (χ4v) is 3.47. The van der Waals surface area contributed by atoms with E-state index in [0.717, 1.165) is 30.6 Å². The third kappa shape index (κ3) is 6.70. The number of rotatable bonds is 10. The number of nitrogens with zero attached hydrogens (tertiary/aromatic N) is 2. The van der Waals surface area contributed by atoms with Gasteiger partial charge in [0.05, 0.1) is 44.3 Å². The molecule has 3 rings (SSSR count). The number of hydrogen-bond acceptors (Lipinski definition) is 8. The number of esters is 1. The van der Waals surface area contributed by atoms with E-state index in [1.54, 1.807) is 13.1 Å². The van der Waals surface area contributed by atoms with E-state index in [2.05, 4.69) is 15.5 Å². The van der Waals surface area contributed by atoms with Gasteiger partial charge in [-0.25, -0.2) is 4.98 Å². The molecule has 0 bridgehead atoms. The van der Waals surface area contributed by atoms with Crippen LogP contribution in [0.5, 0.6) is 0 Å². The summed E-state index contributed by atoms with van der Waals surface area (Å²) < 4.78 is 16.2. The maximum absolute atomic E-state index is 11.5. The van der Waals surface area contributed by atoms with Crippen LogP contribution in [0.25, 0.3) is 0 Å². The Labute approximate surface area is 168 Å². The average Bonchev–Trinajstić information content (AvgIpc) is 3.35. The maximum Gasteiger partial charge on any atom is 0.311 e. The zero-order valence-electron chi connectivity index (χ0n) is 15.9. The first-order chi connectivity index (χ1) is 13.7. The number of carbonyl (C=O) groups is 1. The molecule has 1 aliphatic heterocycles. The molecule has 1 N–H and O–H groups in total. The third-order valence-corrected chi connectivity index (χ3v) is 4.90. The van der Waals surface area contributed by atoms with Crippen LogP contribution in [0.4, 0.5) is 5.13 Å². The summed E-state index contributed by atoms with van der Waals surface area (Å²) in [6.45, 7) is 4.19. The van der Waals surface area contributed by atoms with Gasteiger partial charge in [-0.05, 0) is 37.0 Å². The SMILES string of the molecule is CCOC(=O)Cc1csc(NN=Cc2cccc(COCC3CCCO3)c2)n1. The van der Waals surface area contributed by atoms with E-state index in [-0.39, 0.29) is 18.5 Å². The van der Waals surface area contributed by atoms with Crippen molar-refractivity contribution < 1.29 is 19.0 Å². The molecule has 0 radical (unpaired) electrons. The molecule has 1 saturated heterocycles. The zero-order valence-corrected chi connectivity index (χ0v) is 16.7. The lowest BCUT2D eigenvalue weighted by Crippen LogP contribution is -2.13. The molecule has 0 aliphatic carbocycles. The van der Waals surface area contributed by atoms with Gasteiger partial charge in [0.15, 0.2) is 0 Å². The van der Waals surface area contributed by atoms with Crippen molar-refractivity contribution in [2.75, 3.05) is 25.2 Å². The highest BCUT2D eigenvalue weighted by molar-refractivity contribution is 7.13. The molecule has 1 aromatic heterocycles. The van der Waals surface area contributed by atoms with Crippen molar-refractivity contribution in [1.29, 1.82) is 0 Å². The summed E-state index contributed by atoms with van der Waals surface area (Å²) in [6, 6.07) is 8.02. The molecule has 0 spiro atoms. The van der Waals surface area contributed by atoms with Gasteiger partial charge in [0, 0.05) is 12.0 Å². The van der Waals surface area contributed by atoms with Crippen LogP contribution in [0, 0.1) is 0 Å². The zero-order chi connectivity index (χ0) is 19.6. The number of thiazole rings is 1. The Morgan fingerprint density at radius 1 is 1.50 bits per heavy atom. The Balaban J connectivity index is 1.45. The van der Waals surface area contributed by atoms with Crippen molar-refractivity contribution in [2.45, 2.75) is 38.9 Å². The standard InChI is InChI=1S/C20H25N3O4S/c1-2-26-19(24)10-17-14-28-20(22-17)23-21-11-15-5-3-6-16(9-15)12-25-13-18-7-4-8-27-18/h3,5-6,9,11,14,18H,2,4,7-8,10,12-13H2,1H3,(H,22,23).